The summed E-state index contributed by atoms with van der Waals surface area (Å²) in [6, 6.07) is 9.01. The molecule has 0 aromatic heterocycles. The van der Waals surface area contributed by atoms with Gasteiger partial charge in [-0.2, -0.15) is 0 Å². The minimum absolute atomic E-state index is 0.327. The van der Waals surface area contributed by atoms with Crippen LogP contribution in [0.4, 0.5) is 0 Å². The van der Waals surface area contributed by atoms with Crippen LogP contribution in [0.5, 0.6) is 5.75 Å². The van der Waals surface area contributed by atoms with Crippen LogP contribution in [0.25, 0.3) is 0 Å². The first-order chi connectivity index (χ1) is 7.15. The fourth-order valence-corrected chi connectivity index (χ4v) is 1.71. The molecule has 0 amide bonds. The number of ether oxygens (including phenoxy) is 1. The molecule has 0 aliphatic carbocycles. The summed E-state index contributed by atoms with van der Waals surface area (Å²) in [6.07, 6.45) is 0. The van der Waals surface area contributed by atoms with E-state index in [1.807, 2.05) is 19.1 Å². The minimum atomic E-state index is 0.327. The number of rotatable bonds is 5. The van der Waals surface area contributed by atoms with Gasteiger partial charge in [0, 0.05) is 17.6 Å². The Bertz CT molecular complexity index is 296. The molecule has 15 heavy (non-hydrogen) atoms. The average Bonchev–Trinajstić information content (AvgIpc) is 2.18. The molecule has 0 aliphatic rings. The molecule has 84 valence electrons. The van der Waals surface area contributed by atoms with Crippen molar-refractivity contribution in [2.45, 2.75) is 39.8 Å². The molecule has 0 heterocycles. The highest BCUT2D eigenvalue weighted by atomic mass is 16.5. The summed E-state index contributed by atoms with van der Waals surface area (Å²) in [4.78, 5) is 0. The zero-order valence-electron chi connectivity index (χ0n) is 10.1. The summed E-state index contributed by atoms with van der Waals surface area (Å²) >= 11 is 0. The minimum Gasteiger partial charge on any atom is -0.494 e. The third-order valence-electron chi connectivity index (χ3n) is 2.27. The second-order valence-corrected chi connectivity index (χ2v) is 4.01. The molecule has 0 radical (unpaired) electrons. The van der Waals surface area contributed by atoms with Gasteiger partial charge in [-0.05, 0) is 19.9 Å². The van der Waals surface area contributed by atoms with Crippen LogP contribution in [0.2, 0.25) is 0 Å². The van der Waals surface area contributed by atoms with Crippen molar-refractivity contribution in [2.75, 3.05) is 6.61 Å². The van der Waals surface area contributed by atoms with Crippen LogP contribution in [0.3, 0.4) is 0 Å². The van der Waals surface area contributed by atoms with Crippen molar-refractivity contribution in [3.05, 3.63) is 29.8 Å². The molecule has 0 saturated heterocycles. The molecule has 2 heteroatoms. The fourth-order valence-electron chi connectivity index (χ4n) is 1.71. The summed E-state index contributed by atoms with van der Waals surface area (Å²) in [5.74, 6) is 0.987. The van der Waals surface area contributed by atoms with Gasteiger partial charge in [0.05, 0.1) is 6.61 Å². The lowest BCUT2D eigenvalue weighted by molar-refractivity contribution is 0.331. The molecule has 0 saturated carbocycles. The quantitative estimate of drug-likeness (QED) is 0.801. The molecule has 0 spiro atoms. The third-order valence-corrected chi connectivity index (χ3v) is 2.27. The Morgan fingerprint density at radius 1 is 1.20 bits per heavy atom. The van der Waals surface area contributed by atoms with Crippen molar-refractivity contribution in [1.29, 1.82) is 0 Å². The SMILES string of the molecule is CCOc1ccccc1[C@H](C)NC(C)C. The van der Waals surface area contributed by atoms with E-state index in [2.05, 4.69) is 38.2 Å². The van der Waals surface area contributed by atoms with Gasteiger partial charge < -0.3 is 10.1 Å². The van der Waals surface area contributed by atoms with Crippen molar-refractivity contribution >= 4 is 0 Å². The van der Waals surface area contributed by atoms with Crippen LogP contribution >= 0.6 is 0 Å². The first-order valence-electron chi connectivity index (χ1n) is 5.63. The van der Waals surface area contributed by atoms with E-state index in [0.717, 1.165) is 5.75 Å². The van der Waals surface area contributed by atoms with E-state index in [9.17, 15) is 0 Å². The van der Waals surface area contributed by atoms with E-state index in [1.165, 1.54) is 5.56 Å². The van der Waals surface area contributed by atoms with Gasteiger partial charge in [-0.1, -0.05) is 32.0 Å². The van der Waals surface area contributed by atoms with E-state index in [-0.39, 0.29) is 0 Å². The van der Waals surface area contributed by atoms with Crippen LogP contribution in [0.1, 0.15) is 39.3 Å². The van der Waals surface area contributed by atoms with Crippen molar-refractivity contribution < 1.29 is 4.74 Å². The molecule has 1 rings (SSSR count). The van der Waals surface area contributed by atoms with E-state index in [1.54, 1.807) is 0 Å². The Balaban J connectivity index is 2.81. The zero-order chi connectivity index (χ0) is 11.3. The van der Waals surface area contributed by atoms with Crippen molar-refractivity contribution in [3.63, 3.8) is 0 Å². The maximum Gasteiger partial charge on any atom is 0.124 e. The monoisotopic (exact) mass is 207 g/mol. The molecule has 1 atom stereocenters. The summed E-state index contributed by atoms with van der Waals surface area (Å²) in [5, 5.41) is 3.48. The standard InChI is InChI=1S/C13H21NO/c1-5-15-13-9-7-6-8-12(13)11(4)14-10(2)3/h6-11,14H,5H2,1-4H3/t11-/m0/s1. The van der Waals surface area contributed by atoms with Crippen molar-refractivity contribution in [2.24, 2.45) is 0 Å². The van der Waals surface area contributed by atoms with Crippen LogP contribution < -0.4 is 10.1 Å². The number of hydrogen-bond donors (Lipinski definition) is 1. The number of nitrogens with one attached hydrogen (secondary N) is 1. The maximum atomic E-state index is 5.60. The van der Waals surface area contributed by atoms with E-state index >= 15 is 0 Å². The summed E-state index contributed by atoms with van der Waals surface area (Å²) in [6.45, 7) is 9.19. The zero-order valence-corrected chi connectivity index (χ0v) is 10.1. The largest absolute Gasteiger partial charge is 0.494 e. The second-order valence-electron chi connectivity index (χ2n) is 4.01. The number of hydrogen-bond acceptors (Lipinski definition) is 2. The lowest BCUT2D eigenvalue weighted by atomic mass is 10.1. The van der Waals surface area contributed by atoms with E-state index < -0.39 is 0 Å². The Kier molecular flexibility index (Phi) is 4.63. The van der Waals surface area contributed by atoms with Gasteiger partial charge in [0.15, 0.2) is 0 Å². The Labute approximate surface area is 92.6 Å². The molecule has 1 N–H and O–H groups in total. The molecule has 1 aromatic rings. The van der Waals surface area contributed by atoms with Crippen molar-refractivity contribution in [1.82, 2.24) is 5.32 Å². The normalized spacial score (nSPS) is 12.9. The lowest BCUT2D eigenvalue weighted by Gasteiger charge is -2.20. The van der Waals surface area contributed by atoms with Crippen molar-refractivity contribution in [3.8, 4) is 5.75 Å². The van der Waals surface area contributed by atoms with Crippen LogP contribution in [-0.2, 0) is 0 Å². The first kappa shape index (κ1) is 12.1. The number of benzene rings is 1. The molecule has 0 unspecified atom stereocenters. The smallest absolute Gasteiger partial charge is 0.124 e. The third kappa shape index (κ3) is 3.56. The summed E-state index contributed by atoms with van der Waals surface area (Å²) < 4.78 is 5.60. The Morgan fingerprint density at radius 3 is 2.47 bits per heavy atom. The molecule has 0 fully saturated rings. The Hall–Kier alpha value is -1.02. The van der Waals surface area contributed by atoms with Gasteiger partial charge in [-0.15, -0.1) is 0 Å². The summed E-state index contributed by atoms with van der Waals surface area (Å²) in [5.41, 5.74) is 1.23. The van der Waals surface area contributed by atoms with Gasteiger partial charge in [-0.25, -0.2) is 0 Å². The van der Waals surface area contributed by atoms with Crippen LogP contribution in [-0.4, -0.2) is 12.6 Å². The van der Waals surface area contributed by atoms with Crippen LogP contribution in [0, 0.1) is 0 Å². The second kappa shape index (κ2) is 5.76. The highest BCUT2D eigenvalue weighted by molar-refractivity contribution is 5.35. The molecular formula is C13H21NO. The predicted molar refractivity (Wildman–Crippen MR) is 64.3 cm³/mol. The van der Waals surface area contributed by atoms with Crippen LogP contribution in [0.15, 0.2) is 24.3 Å². The Morgan fingerprint density at radius 2 is 1.87 bits per heavy atom. The lowest BCUT2D eigenvalue weighted by Crippen LogP contribution is -2.26. The summed E-state index contributed by atoms with van der Waals surface area (Å²) in [7, 11) is 0. The molecule has 0 bridgehead atoms. The van der Waals surface area contributed by atoms with E-state index in [4.69, 9.17) is 4.74 Å². The molecule has 0 aliphatic heterocycles. The van der Waals surface area contributed by atoms with Gasteiger partial charge in [0.1, 0.15) is 5.75 Å². The maximum absolute atomic E-state index is 5.60. The highest BCUT2D eigenvalue weighted by Crippen LogP contribution is 2.24. The average molecular weight is 207 g/mol. The van der Waals surface area contributed by atoms with Gasteiger partial charge >= 0.3 is 0 Å². The topological polar surface area (TPSA) is 21.3 Å². The molecule has 1 aromatic carbocycles. The highest BCUT2D eigenvalue weighted by Gasteiger charge is 2.11. The fraction of sp³-hybridized carbons (Fsp3) is 0.538. The number of para-hydroxylation sites is 1. The molecule has 2 nitrogen and oxygen atoms in total. The van der Waals surface area contributed by atoms with Gasteiger partial charge in [0.2, 0.25) is 0 Å². The first-order valence-corrected chi connectivity index (χ1v) is 5.63. The molecular weight excluding hydrogens is 186 g/mol. The van der Waals surface area contributed by atoms with Gasteiger partial charge in [-0.3, -0.25) is 0 Å². The predicted octanol–water partition coefficient (Wildman–Crippen LogP) is 3.14. The van der Waals surface area contributed by atoms with E-state index in [0.29, 0.717) is 18.7 Å². The van der Waals surface area contributed by atoms with Gasteiger partial charge in [0.25, 0.3) is 0 Å².